The van der Waals surface area contributed by atoms with Crippen LogP contribution < -0.4 is 4.90 Å². The van der Waals surface area contributed by atoms with Crippen molar-refractivity contribution in [1.29, 1.82) is 0 Å². The minimum absolute atomic E-state index is 0.0782. The van der Waals surface area contributed by atoms with Crippen molar-refractivity contribution in [3.05, 3.63) is 47.8 Å². The van der Waals surface area contributed by atoms with Crippen LogP contribution in [0.15, 0.2) is 30.7 Å². The molecule has 4 rings (SSSR count). The second-order valence-corrected chi connectivity index (χ2v) is 9.14. The van der Waals surface area contributed by atoms with Crippen LogP contribution >= 0.6 is 0 Å². The van der Waals surface area contributed by atoms with E-state index in [1.165, 1.54) is 15.9 Å². The first-order chi connectivity index (χ1) is 15.6. The summed E-state index contributed by atoms with van der Waals surface area (Å²) in [6, 6.07) is 1.47. The van der Waals surface area contributed by atoms with E-state index >= 15 is 0 Å². The molecule has 0 aromatic carbocycles. The zero-order valence-electron chi connectivity index (χ0n) is 18.5. The van der Waals surface area contributed by atoms with Crippen LogP contribution in [0.5, 0.6) is 0 Å². The third-order valence-corrected chi connectivity index (χ3v) is 5.82. The molecule has 0 spiro atoms. The van der Waals surface area contributed by atoms with Gasteiger partial charge >= 0.3 is 12.2 Å². The molecule has 0 bridgehead atoms. The lowest BCUT2D eigenvalue weighted by molar-refractivity contribution is -0.141. The van der Waals surface area contributed by atoms with Gasteiger partial charge in [-0.05, 0) is 42.9 Å². The van der Waals surface area contributed by atoms with E-state index in [2.05, 4.69) is 15.0 Å². The molecule has 7 nitrogen and oxygen atoms in total. The van der Waals surface area contributed by atoms with Crippen LogP contribution in [-0.2, 0) is 17.4 Å². The van der Waals surface area contributed by atoms with Crippen LogP contribution in [0, 0.1) is 5.92 Å². The molecular formula is C23H26F3N5O2. The van der Waals surface area contributed by atoms with Gasteiger partial charge in [-0.15, -0.1) is 0 Å². The van der Waals surface area contributed by atoms with Crippen molar-refractivity contribution in [2.75, 3.05) is 18.0 Å². The van der Waals surface area contributed by atoms with Gasteiger partial charge in [0.25, 0.3) is 0 Å². The summed E-state index contributed by atoms with van der Waals surface area (Å²) in [5.74, 6) is 1.36. The normalized spacial score (nSPS) is 19.0. The van der Waals surface area contributed by atoms with E-state index in [4.69, 9.17) is 0 Å². The number of carbonyl (C=O) groups is 2. The van der Waals surface area contributed by atoms with E-state index in [0.29, 0.717) is 17.9 Å². The highest BCUT2D eigenvalue weighted by atomic mass is 19.4. The number of urea groups is 1. The van der Waals surface area contributed by atoms with Crippen molar-refractivity contribution in [1.82, 2.24) is 19.9 Å². The third-order valence-electron chi connectivity index (χ3n) is 5.82. The molecule has 1 atom stereocenters. The van der Waals surface area contributed by atoms with Gasteiger partial charge in [-0.25, -0.2) is 19.7 Å². The molecule has 0 radical (unpaired) electrons. The zero-order valence-corrected chi connectivity index (χ0v) is 18.5. The van der Waals surface area contributed by atoms with Crippen LogP contribution in [0.25, 0.3) is 0 Å². The number of carbonyl (C=O) groups excluding carboxylic acids is 2. The lowest BCUT2D eigenvalue weighted by Crippen LogP contribution is -2.40. The van der Waals surface area contributed by atoms with Gasteiger partial charge < -0.3 is 4.90 Å². The molecule has 2 aromatic heterocycles. The molecule has 1 aliphatic carbocycles. The van der Waals surface area contributed by atoms with E-state index in [1.54, 1.807) is 12.4 Å². The molecule has 1 saturated heterocycles. The SMILES string of the molecule is CC(C)C[C@H]1CN(c2ccc(C(F)(F)F)nc2)C(=O)N1CC(=O)Cc1cnc(C2CC2)nc1. The zero-order chi connectivity index (χ0) is 23.8. The fourth-order valence-electron chi connectivity index (χ4n) is 4.05. The Morgan fingerprint density at radius 2 is 1.82 bits per heavy atom. The molecule has 1 saturated carbocycles. The topological polar surface area (TPSA) is 79.3 Å². The Morgan fingerprint density at radius 1 is 1.12 bits per heavy atom. The molecule has 176 valence electrons. The number of hydrogen-bond acceptors (Lipinski definition) is 5. The molecule has 10 heteroatoms. The number of halogens is 3. The Kier molecular flexibility index (Phi) is 6.36. The van der Waals surface area contributed by atoms with Crippen LogP contribution in [0.3, 0.4) is 0 Å². The van der Waals surface area contributed by atoms with Gasteiger partial charge in [-0.2, -0.15) is 13.2 Å². The van der Waals surface area contributed by atoms with Gasteiger partial charge in [-0.1, -0.05) is 13.8 Å². The minimum Gasteiger partial charge on any atom is -0.312 e. The molecule has 0 N–H and O–H groups in total. The average molecular weight is 461 g/mol. The van der Waals surface area contributed by atoms with Crippen molar-refractivity contribution >= 4 is 17.5 Å². The first-order valence-corrected chi connectivity index (χ1v) is 11.1. The number of ketones is 1. The van der Waals surface area contributed by atoms with Crippen molar-refractivity contribution in [2.24, 2.45) is 5.92 Å². The largest absolute Gasteiger partial charge is 0.433 e. The molecule has 33 heavy (non-hydrogen) atoms. The number of hydrogen-bond donors (Lipinski definition) is 0. The summed E-state index contributed by atoms with van der Waals surface area (Å²) in [6.45, 7) is 4.25. The molecule has 2 amide bonds. The fraction of sp³-hybridized carbons (Fsp3) is 0.522. The van der Waals surface area contributed by atoms with E-state index in [0.717, 1.165) is 30.9 Å². The van der Waals surface area contributed by atoms with Gasteiger partial charge in [-0.3, -0.25) is 9.69 Å². The lowest BCUT2D eigenvalue weighted by Gasteiger charge is -2.23. The monoisotopic (exact) mass is 461 g/mol. The Hall–Kier alpha value is -3.04. The van der Waals surface area contributed by atoms with Crippen LogP contribution in [0.4, 0.5) is 23.7 Å². The molecule has 0 unspecified atom stereocenters. The van der Waals surface area contributed by atoms with Crippen molar-refractivity contribution in [2.45, 2.75) is 57.7 Å². The standard InChI is InChI=1S/C23H26F3N5O2/c1-14(2)7-18-12-30(17-5-6-20(27-11-17)23(24,25)26)22(33)31(18)13-19(32)8-15-9-28-21(29-10-15)16-3-4-16/h5-6,9-11,14,16,18H,3-4,7-8,12-13H2,1-2H3/t18-/m0/s1. The number of alkyl halides is 3. The van der Waals surface area contributed by atoms with Crippen LogP contribution in [-0.4, -0.2) is 50.8 Å². The highest BCUT2D eigenvalue weighted by molar-refractivity contribution is 5.97. The fourth-order valence-corrected chi connectivity index (χ4v) is 4.05. The van der Waals surface area contributed by atoms with Gasteiger partial charge in [0.05, 0.1) is 24.5 Å². The Bertz CT molecular complexity index is 1000. The molecule has 2 fully saturated rings. The van der Waals surface area contributed by atoms with Crippen molar-refractivity contribution in [3.8, 4) is 0 Å². The van der Waals surface area contributed by atoms with Gasteiger partial charge in [0, 0.05) is 31.3 Å². The number of aromatic nitrogens is 3. The predicted octanol–water partition coefficient (Wildman–Crippen LogP) is 4.24. The van der Waals surface area contributed by atoms with Gasteiger partial charge in [0.2, 0.25) is 0 Å². The Morgan fingerprint density at radius 3 is 2.36 bits per heavy atom. The molecule has 2 aliphatic rings. The van der Waals surface area contributed by atoms with Crippen molar-refractivity contribution < 1.29 is 22.8 Å². The predicted molar refractivity (Wildman–Crippen MR) is 115 cm³/mol. The quantitative estimate of drug-likeness (QED) is 0.588. The summed E-state index contributed by atoms with van der Waals surface area (Å²) in [6.07, 6.45) is 2.80. The van der Waals surface area contributed by atoms with Crippen molar-refractivity contribution in [3.63, 3.8) is 0 Å². The maximum Gasteiger partial charge on any atom is 0.433 e. The van der Waals surface area contributed by atoms with E-state index in [9.17, 15) is 22.8 Å². The number of rotatable bonds is 8. The Labute approximate surface area is 190 Å². The van der Waals surface area contributed by atoms with E-state index < -0.39 is 17.9 Å². The summed E-state index contributed by atoms with van der Waals surface area (Å²) in [4.78, 5) is 40.9. The number of pyridine rings is 1. The average Bonchev–Trinajstić information content (AvgIpc) is 3.55. The van der Waals surface area contributed by atoms with E-state index in [1.807, 2.05) is 13.8 Å². The highest BCUT2D eigenvalue weighted by Crippen LogP contribution is 2.37. The number of nitrogens with zero attached hydrogens (tertiary/aromatic N) is 5. The molecular weight excluding hydrogens is 435 g/mol. The summed E-state index contributed by atoms with van der Waals surface area (Å²) in [5.41, 5.74) is -0.0420. The first kappa shape index (κ1) is 23.1. The summed E-state index contributed by atoms with van der Waals surface area (Å²) in [7, 11) is 0. The summed E-state index contributed by atoms with van der Waals surface area (Å²) < 4.78 is 38.5. The van der Waals surface area contributed by atoms with Crippen LogP contribution in [0.1, 0.15) is 56.1 Å². The number of Topliss-reactive ketones (excluding diaryl/α,β-unsaturated/α-hetero) is 1. The lowest BCUT2D eigenvalue weighted by atomic mass is 10.0. The first-order valence-electron chi connectivity index (χ1n) is 11.1. The summed E-state index contributed by atoms with van der Waals surface area (Å²) in [5, 5.41) is 0. The minimum atomic E-state index is -4.55. The molecule has 2 aromatic rings. The third kappa shape index (κ3) is 5.48. The van der Waals surface area contributed by atoms with Crippen LogP contribution in [0.2, 0.25) is 0 Å². The Balaban J connectivity index is 1.45. The smallest absolute Gasteiger partial charge is 0.312 e. The second-order valence-electron chi connectivity index (χ2n) is 9.14. The molecule has 3 heterocycles. The number of anilines is 1. The maximum atomic E-state index is 13.1. The highest BCUT2D eigenvalue weighted by Gasteiger charge is 2.40. The summed E-state index contributed by atoms with van der Waals surface area (Å²) >= 11 is 0. The number of amides is 2. The maximum absolute atomic E-state index is 13.1. The van der Waals surface area contributed by atoms with E-state index in [-0.39, 0.29) is 42.9 Å². The van der Waals surface area contributed by atoms with Gasteiger partial charge in [0.1, 0.15) is 11.5 Å². The molecule has 1 aliphatic heterocycles. The second kappa shape index (κ2) is 9.07. The van der Waals surface area contributed by atoms with Gasteiger partial charge in [0.15, 0.2) is 5.78 Å².